The highest BCUT2D eigenvalue weighted by Crippen LogP contribution is 2.19. The molecule has 0 unspecified atom stereocenters. The highest BCUT2D eigenvalue weighted by Gasteiger charge is 2.20. The lowest BCUT2D eigenvalue weighted by molar-refractivity contribution is 0.581. The summed E-state index contributed by atoms with van der Waals surface area (Å²) in [5.41, 5.74) is 0.697. The largest absolute Gasteiger partial charge is 0.329 e. The van der Waals surface area contributed by atoms with Gasteiger partial charge in [-0.25, -0.2) is 9.37 Å². The van der Waals surface area contributed by atoms with Crippen molar-refractivity contribution in [1.29, 1.82) is 0 Å². The molecule has 1 N–H and O–H groups in total. The number of halogens is 1. The summed E-state index contributed by atoms with van der Waals surface area (Å²) in [6.07, 6.45) is 6.18. The summed E-state index contributed by atoms with van der Waals surface area (Å²) in [7, 11) is 0. The van der Waals surface area contributed by atoms with E-state index in [1.165, 1.54) is 18.9 Å². The first-order valence-electron chi connectivity index (χ1n) is 6.30. The first-order valence-corrected chi connectivity index (χ1v) is 6.30. The third-order valence-corrected chi connectivity index (χ3v) is 3.23. The molecule has 18 heavy (non-hydrogen) atoms. The Bertz CT molecular complexity index is 531. The third kappa shape index (κ3) is 2.59. The van der Waals surface area contributed by atoms with E-state index in [9.17, 15) is 4.39 Å². The summed E-state index contributed by atoms with van der Waals surface area (Å²) in [5.74, 6) is 0.803. The molecular weight excluding hydrogens is 229 g/mol. The van der Waals surface area contributed by atoms with Crippen molar-refractivity contribution < 1.29 is 4.39 Å². The van der Waals surface area contributed by atoms with Crippen molar-refractivity contribution in [2.45, 2.75) is 32.0 Å². The number of imidazole rings is 1. The molecule has 1 aromatic carbocycles. The standard InChI is InChI=1S/C14H16FN3/c15-13-4-2-1-3-11(13)10-18-8-7-16-14(18)9-17-12-5-6-12/h1-4,7-8,12,17H,5-6,9-10H2. The van der Waals surface area contributed by atoms with Gasteiger partial charge in [-0.15, -0.1) is 0 Å². The van der Waals surface area contributed by atoms with Gasteiger partial charge in [0.15, 0.2) is 0 Å². The van der Waals surface area contributed by atoms with Crippen LogP contribution < -0.4 is 5.32 Å². The Kier molecular flexibility index (Phi) is 3.11. The smallest absolute Gasteiger partial charge is 0.128 e. The predicted molar refractivity (Wildman–Crippen MR) is 67.6 cm³/mol. The number of nitrogens with one attached hydrogen (secondary N) is 1. The third-order valence-electron chi connectivity index (χ3n) is 3.23. The molecule has 3 rings (SSSR count). The van der Waals surface area contributed by atoms with E-state index >= 15 is 0 Å². The fraction of sp³-hybridized carbons (Fsp3) is 0.357. The van der Waals surface area contributed by atoms with Gasteiger partial charge in [0, 0.05) is 24.0 Å². The van der Waals surface area contributed by atoms with Crippen LogP contribution in [0.25, 0.3) is 0 Å². The second-order valence-corrected chi connectivity index (χ2v) is 4.72. The van der Waals surface area contributed by atoms with Crippen LogP contribution in [0.4, 0.5) is 4.39 Å². The summed E-state index contributed by atoms with van der Waals surface area (Å²) >= 11 is 0. The summed E-state index contributed by atoms with van der Waals surface area (Å²) in [4.78, 5) is 4.32. The summed E-state index contributed by atoms with van der Waals surface area (Å²) < 4.78 is 15.6. The maximum atomic E-state index is 13.6. The molecule has 0 aliphatic heterocycles. The van der Waals surface area contributed by atoms with Crippen molar-refractivity contribution in [2.75, 3.05) is 0 Å². The van der Waals surface area contributed by atoms with Crippen LogP contribution in [0.3, 0.4) is 0 Å². The Labute approximate surface area is 106 Å². The maximum absolute atomic E-state index is 13.6. The molecule has 1 aliphatic rings. The molecule has 0 saturated heterocycles. The zero-order chi connectivity index (χ0) is 12.4. The SMILES string of the molecule is Fc1ccccc1Cn1ccnc1CNC1CC1. The average molecular weight is 245 g/mol. The topological polar surface area (TPSA) is 29.9 Å². The molecular formula is C14H16FN3. The van der Waals surface area contributed by atoms with Crippen molar-refractivity contribution >= 4 is 0 Å². The first-order chi connectivity index (χ1) is 8.83. The Morgan fingerprint density at radius 2 is 2.17 bits per heavy atom. The zero-order valence-electron chi connectivity index (χ0n) is 10.1. The molecule has 1 fully saturated rings. The molecule has 1 aromatic heterocycles. The number of aromatic nitrogens is 2. The molecule has 0 atom stereocenters. The minimum Gasteiger partial charge on any atom is -0.329 e. The Morgan fingerprint density at radius 3 is 2.94 bits per heavy atom. The van der Waals surface area contributed by atoms with Crippen LogP contribution in [0.2, 0.25) is 0 Å². The van der Waals surface area contributed by atoms with Gasteiger partial charge in [-0.3, -0.25) is 0 Å². The highest BCUT2D eigenvalue weighted by atomic mass is 19.1. The number of hydrogen-bond acceptors (Lipinski definition) is 2. The van der Waals surface area contributed by atoms with Crippen molar-refractivity contribution in [3.05, 3.63) is 53.9 Å². The highest BCUT2D eigenvalue weighted by molar-refractivity contribution is 5.18. The molecule has 0 spiro atoms. The molecule has 2 aromatic rings. The maximum Gasteiger partial charge on any atom is 0.128 e. The number of nitrogens with zero attached hydrogens (tertiary/aromatic N) is 2. The van der Waals surface area contributed by atoms with Gasteiger partial charge in [-0.2, -0.15) is 0 Å². The van der Waals surface area contributed by atoms with Crippen molar-refractivity contribution in [1.82, 2.24) is 14.9 Å². The Balaban J connectivity index is 1.71. The van der Waals surface area contributed by atoms with Gasteiger partial charge >= 0.3 is 0 Å². The van der Waals surface area contributed by atoms with Crippen molar-refractivity contribution in [2.24, 2.45) is 0 Å². The summed E-state index contributed by atoms with van der Waals surface area (Å²) in [5, 5.41) is 3.42. The second kappa shape index (κ2) is 4.90. The fourth-order valence-corrected chi connectivity index (χ4v) is 1.98. The van der Waals surface area contributed by atoms with E-state index in [-0.39, 0.29) is 5.82 Å². The normalized spacial score (nSPS) is 14.9. The van der Waals surface area contributed by atoms with Crippen LogP contribution in [-0.4, -0.2) is 15.6 Å². The van der Waals surface area contributed by atoms with Gasteiger partial charge < -0.3 is 9.88 Å². The lowest BCUT2D eigenvalue weighted by atomic mass is 10.2. The Morgan fingerprint density at radius 1 is 1.33 bits per heavy atom. The fourth-order valence-electron chi connectivity index (χ4n) is 1.98. The molecule has 0 radical (unpaired) electrons. The number of rotatable bonds is 5. The van der Waals surface area contributed by atoms with Gasteiger partial charge in [0.1, 0.15) is 11.6 Å². The molecule has 0 amide bonds. The Hall–Kier alpha value is -1.68. The van der Waals surface area contributed by atoms with Gasteiger partial charge in [0.2, 0.25) is 0 Å². The molecule has 3 nitrogen and oxygen atoms in total. The van der Waals surface area contributed by atoms with Crippen LogP contribution in [0.1, 0.15) is 24.2 Å². The molecule has 1 saturated carbocycles. The molecule has 1 aliphatic carbocycles. The molecule has 0 bridgehead atoms. The van der Waals surface area contributed by atoms with Gasteiger partial charge in [0.05, 0.1) is 13.1 Å². The van der Waals surface area contributed by atoms with E-state index in [1.54, 1.807) is 12.3 Å². The molecule has 1 heterocycles. The predicted octanol–water partition coefficient (Wildman–Crippen LogP) is 2.32. The van der Waals surface area contributed by atoms with Gasteiger partial charge in [-0.1, -0.05) is 18.2 Å². The van der Waals surface area contributed by atoms with E-state index in [0.29, 0.717) is 18.2 Å². The van der Waals surface area contributed by atoms with Crippen molar-refractivity contribution in [3.63, 3.8) is 0 Å². The molecule has 94 valence electrons. The van der Waals surface area contributed by atoms with E-state index in [0.717, 1.165) is 12.4 Å². The minimum atomic E-state index is -0.160. The molecule has 4 heteroatoms. The quantitative estimate of drug-likeness (QED) is 0.876. The summed E-state index contributed by atoms with van der Waals surface area (Å²) in [6.45, 7) is 1.29. The lowest BCUT2D eigenvalue weighted by Crippen LogP contribution is -2.19. The number of hydrogen-bond donors (Lipinski definition) is 1. The van der Waals surface area contributed by atoms with Crippen LogP contribution in [0.15, 0.2) is 36.7 Å². The first kappa shape index (κ1) is 11.4. The van der Waals surface area contributed by atoms with E-state index in [2.05, 4.69) is 10.3 Å². The lowest BCUT2D eigenvalue weighted by Gasteiger charge is -2.09. The van der Waals surface area contributed by atoms with Gasteiger partial charge in [0.25, 0.3) is 0 Å². The van der Waals surface area contributed by atoms with E-state index in [4.69, 9.17) is 0 Å². The minimum absolute atomic E-state index is 0.160. The van der Waals surface area contributed by atoms with Crippen LogP contribution in [0, 0.1) is 5.82 Å². The van der Waals surface area contributed by atoms with Crippen LogP contribution in [0.5, 0.6) is 0 Å². The summed E-state index contributed by atoms with van der Waals surface area (Å²) in [6, 6.07) is 7.53. The second-order valence-electron chi connectivity index (χ2n) is 4.72. The van der Waals surface area contributed by atoms with E-state index in [1.807, 2.05) is 22.9 Å². The van der Waals surface area contributed by atoms with Crippen LogP contribution in [-0.2, 0) is 13.1 Å². The monoisotopic (exact) mass is 245 g/mol. The van der Waals surface area contributed by atoms with Gasteiger partial charge in [-0.05, 0) is 18.9 Å². The number of benzene rings is 1. The van der Waals surface area contributed by atoms with Crippen LogP contribution >= 0.6 is 0 Å². The van der Waals surface area contributed by atoms with Crippen molar-refractivity contribution in [3.8, 4) is 0 Å². The average Bonchev–Trinajstić information content (AvgIpc) is 3.10. The van der Waals surface area contributed by atoms with E-state index < -0.39 is 0 Å². The zero-order valence-corrected chi connectivity index (χ0v) is 10.1.